The van der Waals surface area contributed by atoms with Gasteiger partial charge in [-0.15, -0.1) is 0 Å². The number of carbonyl (C=O) groups excluding carboxylic acids is 1. The van der Waals surface area contributed by atoms with Crippen LogP contribution in [0, 0.1) is 0 Å². The smallest absolute Gasteiger partial charge is 0.231 e. The maximum Gasteiger partial charge on any atom is 0.231 e. The predicted octanol–water partition coefficient (Wildman–Crippen LogP) is 7.12. The first-order valence-electron chi connectivity index (χ1n) is 11.7. The lowest BCUT2D eigenvalue weighted by Gasteiger charge is -2.24. The van der Waals surface area contributed by atoms with Crippen LogP contribution < -0.4 is 9.80 Å². The third kappa shape index (κ3) is 3.33. The molecule has 0 aromatic heterocycles. The predicted molar refractivity (Wildman–Crippen MR) is 146 cm³/mol. The molecule has 0 amide bonds. The Kier molecular flexibility index (Phi) is 5.40. The van der Waals surface area contributed by atoms with Gasteiger partial charge in [-0.3, -0.25) is 4.79 Å². The summed E-state index contributed by atoms with van der Waals surface area (Å²) in [5.74, 6) is -1.32. The van der Waals surface area contributed by atoms with Crippen LogP contribution in [0.25, 0.3) is 0 Å². The molecule has 3 aliphatic rings. The monoisotopic (exact) mass is 522 g/mol. The molecule has 0 saturated heterocycles. The Morgan fingerprint density at radius 3 is 1.58 bits per heavy atom. The molecule has 36 heavy (non-hydrogen) atoms. The molecule has 0 saturated carbocycles. The number of hydrogen-bond acceptors (Lipinski definition) is 5. The summed E-state index contributed by atoms with van der Waals surface area (Å²) >= 11 is 12.5. The lowest BCUT2D eigenvalue weighted by atomic mass is 9.83. The summed E-state index contributed by atoms with van der Waals surface area (Å²) in [6, 6.07) is 11.4. The van der Waals surface area contributed by atoms with E-state index in [9.17, 15) is 15.0 Å². The Balaban J connectivity index is 1.60. The Morgan fingerprint density at radius 1 is 0.722 bits per heavy atom. The number of nitrogens with zero attached hydrogens (tertiary/aromatic N) is 2. The first-order valence-corrected chi connectivity index (χ1v) is 12.5. The maximum absolute atomic E-state index is 13.2. The largest absolute Gasteiger partial charge is 0.506 e. The van der Waals surface area contributed by atoms with Crippen LogP contribution in [0.4, 0.5) is 11.4 Å². The van der Waals surface area contributed by atoms with Gasteiger partial charge in [0.1, 0.15) is 5.76 Å². The van der Waals surface area contributed by atoms with Crippen molar-refractivity contribution in [2.24, 2.45) is 0 Å². The highest BCUT2D eigenvalue weighted by molar-refractivity contribution is 6.31. The minimum atomic E-state index is -0.607. The molecule has 2 heterocycles. The zero-order valence-electron chi connectivity index (χ0n) is 21.1. The molecule has 5 rings (SSSR count). The van der Waals surface area contributed by atoms with E-state index in [0.29, 0.717) is 10.0 Å². The van der Waals surface area contributed by atoms with Crippen LogP contribution in [-0.2, 0) is 15.6 Å². The fraction of sp³-hybridized carbons (Fsp3) is 0.276. The van der Waals surface area contributed by atoms with E-state index in [1.54, 1.807) is 12.2 Å². The van der Waals surface area contributed by atoms with Gasteiger partial charge in [0.2, 0.25) is 5.78 Å². The van der Waals surface area contributed by atoms with Gasteiger partial charge in [-0.2, -0.15) is 0 Å². The molecule has 0 fully saturated rings. The van der Waals surface area contributed by atoms with Crippen LogP contribution in [0.2, 0.25) is 10.0 Å². The average Bonchev–Trinajstić information content (AvgIpc) is 3.21. The minimum Gasteiger partial charge on any atom is -0.506 e. The van der Waals surface area contributed by atoms with Gasteiger partial charge in [-0.1, -0.05) is 50.9 Å². The van der Waals surface area contributed by atoms with Crippen molar-refractivity contribution in [2.45, 2.75) is 38.5 Å². The van der Waals surface area contributed by atoms with Crippen molar-refractivity contribution in [3.8, 4) is 0 Å². The number of benzene rings is 2. The molecular formula is C29H28Cl2N2O3. The summed E-state index contributed by atoms with van der Waals surface area (Å²) in [6.45, 7) is 8.19. The highest BCUT2D eigenvalue weighted by Crippen LogP contribution is 2.50. The summed E-state index contributed by atoms with van der Waals surface area (Å²) in [6.07, 6.45) is 3.37. The topological polar surface area (TPSA) is 64.0 Å². The normalized spacial score (nSPS) is 22.4. The highest BCUT2D eigenvalue weighted by atomic mass is 35.5. The van der Waals surface area contributed by atoms with Crippen LogP contribution in [0.1, 0.15) is 38.8 Å². The summed E-state index contributed by atoms with van der Waals surface area (Å²) in [5, 5.41) is 23.3. The Labute approximate surface area is 221 Å². The van der Waals surface area contributed by atoms with Crippen molar-refractivity contribution in [2.75, 3.05) is 23.9 Å². The second kappa shape index (κ2) is 7.92. The second-order valence-electron chi connectivity index (χ2n) is 10.6. The lowest BCUT2D eigenvalue weighted by molar-refractivity contribution is -0.114. The van der Waals surface area contributed by atoms with Crippen molar-refractivity contribution in [1.82, 2.24) is 0 Å². The molecule has 0 radical (unpaired) electrons. The van der Waals surface area contributed by atoms with Crippen LogP contribution in [-0.4, -0.2) is 30.1 Å². The average molecular weight is 523 g/mol. The number of aliphatic hydroxyl groups excluding tert-OH is 2. The van der Waals surface area contributed by atoms with Gasteiger partial charge < -0.3 is 20.0 Å². The van der Waals surface area contributed by atoms with E-state index >= 15 is 0 Å². The second-order valence-corrected chi connectivity index (χ2v) is 11.5. The molecule has 2 aromatic carbocycles. The van der Waals surface area contributed by atoms with E-state index in [-0.39, 0.29) is 16.9 Å². The Bertz CT molecular complexity index is 1480. The first-order chi connectivity index (χ1) is 16.8. The number of fused-ring (bicyclic) bond motifs is 2. The molecule has 5 nitrogen and oxygen atoms in total. The summed E-state index contributed by atoms with van der Waals surface area (Å²) in [4.78, 5) is 17.1. The zero-order chi connectivity index (χ0) is 26.3. The van der Waals surface area contributed by atoms with Gasteiger partial charge in [0.25, 0.3) is 0 Å². The Hall–Kier alpha value is -3.15. The number of anilines is 2. The molecular weight excluding hydrogens is 495 g/mol. The van der Waals surface area contributed by atoms with E-state index in [1.807, 2.05) is 88.0 Å². The van der Waals surface area contributed by atoms with Crippen molar-refractivity contribution < 1.29 is 15.0 Å². The number of allylic oxidation sites excluding steroid dienone is 5. The molecule has 2 N–H and O–H groups in total. The first kappa shape index (κ1) is 24.5. The van der Waals surface area contributed by atoms with E-state index in [1.165, 1.54) is 0 Å². The lowest BCUT2D eigenvalue weighted by Crippen LogP contribution is -2.23. The van der Waals surface area contributed by atoms with Crippen LogP contribution in [0.5, 0.6) is 0 Å². The number of Topliss-reactive ketones (excluding diaryl/α,β-unsaturated/α-hetero) is 1. The van der Waals surface area contributed by atoms with Gasteiger partial charge in [0, 0.05) is 57.7 Å². The van der Waals surface area contributed by atoms with Crippen molar-refractivity contribution >= 4 is 40.4 Å². The third-order valence-corrected chi connectivity index (χ3v) is 8.25. The molecule has 2 aromatic rings. The minimum absolute atomic E-state index is 0.0622. The molecule has 0 spiro atoms. The summed E-state index contributed by atoms with van der Waals surface area (Å²) in [5.41, 5.74) is 4.92. The van der Waals surface area contributed by atoms with Gasteiger partial charge in [0.05, 0.1) is 11.1 Å². The third-order valence-electron chi connectivity index (χ3n) is 7.78. The molecule has 186 valence electrons. The van der Waals surface area contributed by atoms with Gasteiger partial charge in [0.15, 0.2) is 5.76 Å². The van der Waals surface area contributed by atoms with E-state index in [0.717, 1.165) is 33.9 Å². The molecule has 7 heteroatoms. The number of ketones is 1. The molecule has 0 atom stereocenters. The number of likely N-dealkylation sites (N-methyl/N-ethyl adjacent to an activating group) is 2. The van der Waals surface area contributed by atoms with Gasteiger partial charge >= 0.3 is 0 Å². The fourth-order valence-electron chi connectivity index (χ4n) is 5.69. The van der Waals surface area contributed by atoms with Gasteiger partial charge in [-0.25, -0.2) is 0 Å². The van der Waals surface area contributed by atoms with E-state index < -0.39 is 22.4 Å². The van der Waals surface area contributed by atoms with Crippen LogP contribution in [0.15, 0.2) is 82.6 Å². The number of hydrogen-bond donors (Lipinski definition) is 2. The number of carbonyl (C=O) groups is 1. The van der Waals surface area contributed by atoms with Crippen molar-refractivity contribution in [1.29, 1.82) is 0 Å². The summed E-state index contributed by atoms with van der Waals surface area (Å²) in [7, 11) is 3.84. The molecule has 1 aliphatic carbocycles. The molecule has 0 bridgehead atoms. The number of aliphatic hydroxyl groups is 2. The standard InChI is InChI=1S/C29H28Cl2N2O3/c1-28(2)19-11-15(30)7-9-21(19)32(5)23(28)13-17-25(34)18(27(36)26(17)35)14-24-29(3,4)20-12-16(31)8-10-22(20)33(24)6/h7-14,34H,1-6H3,(H,35,36)/b23-13-,24-14-. The van der Waals surface area contributed by atoms with E-state index in [2.05, 4.69) is 0 Å². The van der Waals surface area contributed by atoms with E-state index in [4.69, 9.17) is 23.2 Å². The SMILES string of the molecule is CN1/C(=C\C2=C(O)C(/C=C3\N(C)c4ccc(Cl)cc4C3(C)C)=C(O)C2=O)C(C)(C)c2cc(Cl)ccc21. The number of halogens is 2. The quantitative estimate of drug-likeness (QED) is 0.439. The highest BCUT2D eigenvalue weighted by Gasteiger charge is 2.42. The van der Waals surface area contributed by atoms with Crippen molar-refractivity contribution in [3.05, 3.63) is 104 Å². The summed E-state index contributed by atoms with van der Waals surface area (Å²) < 4.78 is 0. The maximum atomic E-state index is 13.2. The Morgan fingerprint density at radius 2 is 1.14 bits per heavy atom. The van der Waals surface area contributed by atoms with Crippen LogP contribution in [0.3, 0.4) is 0 Å². The molecule has 2 aliphatic heterocycles. The zero-order valence-corrected chi connectivity index (χ0v) is 22.6. The van der Waals surface area contributed by atoms with Crippen molar-refractivity contribution in [3.63, 3.8) is 0 Å². The fourth-order valence-corrected chi connectivity index (χ4v) is 6.03. The molecule has 0 unspecified atom stereocenters. The van der Waals surface area contributed by atoms with Gasteiger partial charge in [-0.05, 0) is 59.7 Å². The van der Waals surface area contributed by atoms with Crippen LogP contribution >= 0.6 is 23.2 Å². The number of rotatable bonds is 2.